The van der Waals surface area contributed by atoms with Gasteiger partial charge in [0.25, 0.3) is 0 Å². The minimum Gasteiger partial charge on any atom is -0.491 e. The summed E-state index contributed by atoms with van der Waals surface area (Å²) in [6.45, 7) is 1.45. The molecule has 0 amide bonds. The Kier molecular flexibility index (Phi) is 7.41. The van der Waals surface area contributed by atoms with Gasteiger partial charge in [-0.05, 0) is 37.1 Å². The molecule has 9 nitrogen and oxygen atoms in total. The van der Waals surface area contributed by atoms with E-state index in [2.05, 4.69) is 26.0 Å². The average molecular weight is 450 g/mol. The van der Waals surface area contributed by atoms with Gasteiger partial charge < -0.3 is 25.4 Å². The maximum atomic E-state index is 8.47. The Bertz CT molecular complexity index is 1060. The zero-order chi connectivity index (χ0) is 23.0. The highest BCUT2D eigenvalue weighted by Gasteiger charge is 2.14. The molecule has 4 rings (SSSR count). The Balaban J connectivity index is 1.33. The van der Waals surface area contributed by atoms with Crippen LogP contribution < -0.4 is 25.4 Å². The lowest BCUT2D eigenvalue weighted by Crippen LogP contribution is -2.30. The van der Waals surface area contributed by atoms with E-state index in [4.69, 9.17) is 14.9 Å². The van der Waals surface area contributed by atoms with Crippen molar-refractivity contribution in [2.45, 2.75) is 31.7 Å². The van der Waals surface area contributed by atoms with Gasteiger partial charge in [-0.15, -0.1) is 0 Å². The number of benzene rings is 1. The molecule has 174 valence electrons. The molecule has 0 radical (unpaired) electrons. The number of pyridine rings is 1. The van der Waals surface area contributed by atoms with Crippen molar-refractivity contribution >= 4 is 17.3 Å². The van der Waals surface area contributed by atoms with Crippen LogP contribution in [0.4, 0.5) is 11.5 Å². The van der Waals surface area contributed by atoms with Crippen LogP contribution in [0, 0.1) is 5.41 Å². The molecule has 1 fully saturated rings. The molecule has 33 heavy (non-hydrogen) atoms. The molecular formula is C24H31N7O2. The first-order chi connectivity index (χ1) is 16.1. The maximum absolute atomic E-state index is 8.47. The zero-order valence-electron chi connectivity index (χ0n) is 19.1. The number of aryl methyl sites for hydroxylation is 1. The van der Waals surface area contributed by atoms with Gasteiger partial charge in [0.15, 0.2) is 5.82 Å². The van der Waals surface area contributed by atoms with Gasteiger partial charge >= 0.3 is 0 Å². The van der Waals surface area contributed by atoms with Gasteiger partial charge in [0.1, 0.15) is 23.9 Å². The van der Waals surface area contributed by atoms with Crippen LogP contribution in [-0.4, -0.2) is 46.8 Å². The summed E-state index contributed by atoms with van der Waals surface area (Å²) >= 11 is 0. The van der Waals surface area contributed by atoms with Crippen molar-refractivity contribution in [2.75, 3.05) is 30.8 Å². The van der Waals surface area contributed by atoms with Crippen molar-refractivity contribution in [1.82, 2.24) is 20.1 Å². The van der Waals surface area contributed by atoms with Gasteiger partial charge in [0, 0.05) is 56.3 Å². The van der Waals surface area contributed by atoms with Crippen LogP contribution in [0.25, 0.3) is 0 Å². The minimum absolute atomic E-state index is 0.214. The molecule has 0 unspecified atom stereocenters. The SMILES string of the molecule is CNc1ccc(Oc2ccc(OCCNC3CCCC3)cn2)cc1C(=N)Nc1ccn(C)n1. The fourth-order valence-electron chi connectivity index (χ4n) is 3.88. The number of rotatable bonds is 10. The van der Waals surface area contributed by atoms with E-state index in [9.17, 15) is 0 Å². The molecule has 1 aliphatic carbocycles. The maximum Gasteiger partial charge on any atom is 0.219 e. The van der Waals surface area contributed by atoms with Gasteiger partial charge in [-0.1, -0.05) is 12.8 Å². The van der Waals surface area contributed by atoms with Gasteiger partial charge in [-0.25, -0.2) is 4.98 Å². The monoisotopic (exact) mass is 449 g/mol. The summed E-state index contributed by atoms with van der Waals surface area (Å²) < 4.78 is 13.4. The van der Waals surface area contributed by atoms with E-state index < -0.39 is 0 Å². The summed E-state index contributed by atoms with van der Waals surface area (Å²) in [6.07, 6.45) is 8.67. The Morgan fingerprint density at radius 2 is 1.97 bits per heavy atom. The molecule has 0 aliphatic heterocycles. The predicted octanol–water partition coefficient (Wildman–Crippen LogP) is 4.00. The zero-order valence-corrected chi connectivity index (χ0v) is 19.1. The van der Waals surface area contributed by atoms with Crippen molar-refractivity contribution in [3.8, 4) is 17.4 Å². The van der Waals surface area contributed by atoms with Crippen LogP contribution >= 0.6 is 0 Å². The Labute approximate surface area is 194 Å². The molecule has 0 atom stereocenters. The largest absolute Gasteiger partial charge is 0.491 e. The number of amidine groups is 1. The number of ether oxygens (including phenoxy) is 2. The Morgan fingerprint density at radius 3 is 2.67 bits per heavy atom. The Morgan fingerprint density at radius 1 is 1.15 bits per heavy atom. The van der Waals surface area contributed by atoms with Crippen LogP contribution in [0.1, 0.15) is 31.2 Å². The van der Waals surface area contributed by atoms with Crippen molar-refractivity contribution in [3.63, 3.8) is 0 Å². The van der Waals surface area contributed by atoms with Crippen molar-refractivity contribution in [1.29, 1.82) is 5.41 Å². The topological polar surface area (TPSA) is 109 Å². The first kappa shape index (κ1) is 22.6. The first-order valence-electron chi connectivity index (χ1n) is 11.3. The molecule has 1 saturated carbocycles. The fraction of sp³-hybridized carbons (Fsp3) is 0.375. The molecule has 0 bridgehead atoms. The van der Waals surface area contributed by atoms with E-state index in [1.165, 1.54) is 25.7 Å². The van der Waals surface area contributed by atoms with E-state index in [1.54, 1.807) is 23.0 Å². The van der Waals surface area contributed by atoms with Gasteiger partial charge in [-0.2, -0.15) is 5.10 Å². The second-order valence-electron chi connectivity index (χ2n) is 8.05. The second kappa shape index (κ2) is 10.8. The highest BCUT2D eigenvalue weighted by Crippen LogP contribution is 2.27. The smallest absolute Gasteiger partial charge is 0.219 e. The van der Waals surface area contributed by atoms with Gasteiger partial charge in [0.2, 0.25) is 5.88 Å². The number of nitrogens with zero attached hydrogens (tertiary/aromatic N) is 3. The third kappa shape index (κ3) is 6.23. The normalized spacial score (nSPS) is 13.6. The standard InChI is InChI=1S/C24H31N7O2/c1-26-21-9-7-18(15-20(21)24(25)29-22-11-13-31(2)30-22)33-23-10-8-19(16-28-23)32-14-12-27-17-5-3-4-6-17/h7-11,13,15-17,26-27H,3-6,12,14H2,1-2H3,(H2,25,29,30). The number of aromatic nitrogens is 3. The minimum atomic E-state index is 0.214. The lowest BCUT2D eigenvalue weighted by molar-refractivity contribution is 0.303. The Hall–Kier alpha value is -3.59. The molecule has 1 aromatic carbocycles. The number of nitrogens with one attached hydrogen (secondary N) is 4. The summed E-state index contributed by atoms with van der Waals surface area (Å²) in [5, 5.41) is 22.4. The highest BCUT2D eigenvalue weighted by atomic mass is 16.5. The summed E-state index contributed by atoms with van der Waals surface area (Å²) in [4.78, 5) is 4.35. The molecule has 0 saturated heterocycles. The van der Waals surface area contributed by atoms with Gasteiger partial charge in [0.05, 0.1) is 6.20 Å². The summed E-state index contributed by atoms with van der Waals surface area (Å²) in [5.74, 6) is 2.57. The van der Waals surface area contributed by atoms with E-state index in [1.807, 2.05) is 44.6 Å². The van der Waals surface area contributed by atoms with Crippen molar-refractivity contribution in [3.05, 3.63) is 54.4 Å². The second-order valence-corrected chi connectivity index (χ2v) is 8.05. The van der Waals surface area contributed by atoms with Crippen LogP contribution in [0.2, 0.25) is 0 Å². The molecule has 2 aromatic heterocycles. The molecule has 3 aromatic rings. The highest BCUT2D eigenvalue weighted by molar-refractivity contribution is 6.09. The van der Waals surface area contributed by atoms with E-state index in [0.717, 1.165) is 12.2 Å². The van der Waals surface area contributed by atoms with Crippen LogP contribution in [0.3, 0.4) is 0 Å². The van der Waals surface area contributed by atoms with Crippen LogP contribution in [-0.2, 0) is 7.05 Å². The predicted molar refractivity (Wildman–Crippen MR) is 130 cm³/mol. The van der Waals surface area contributed by atoms with Crippen LogP contribution in [0.15, 0.2) is 48.8 Å². The van der Waals surface area contributed by atoms with E-state index in [-0.39, 0.29) is 5.84 Å². The number of anilines is 2. The fourth-order valence-corrected chi connectivity index (χ4v) is 3.88. The van der Waals surface area contributed by atoms with Crippen molar-refractivity contribution in [2.24, 2.45) is 7.05 Å². The molecule has 9 heteroatoms. The van der Waals surface area contributed by atoms with Crippen molar-refractivity contribution < 1.29 is 9.47 Å². The van der Waals surface area contributed by atoms with Crippen LogP contribution in [0.5, 0.6) is 17.4 Å². The lowest BCUT2D eigenvalue weighted by atomic mass is 10.1. The summed E-state index contributed by atoms with van der Waals surface area (Å²) in [7, 11) is 3.65. The van der Waals surface area contributed by atoms with E-state index >= 15 is 0 Å². The quantitative estimate of drug-likeness (QED) is 0.210. The van der Waals surface area contributed by atoms with E-state index in [0.29, 0.717) is 41.4 Å². The summed E-state index contributed by atoms with van der Waals surface area (Å²) in [5.41, 5.74) is 1.47. The molecule has 4 N–H and O–H groups in total. The third-order valence-corrected chi connectivity index (χ3v) is 5.59. The first-order valence-corrected chi connectivity index (χ1v) is 11.3. The number of hydrogen-bond donors (Lipinski definition) is 4. The average Bonchev–Trinajstić information content (AvgIpc) is 3.49. The molecule has 2 heterocycles. The summed E-state index contributed by atoms with van der Waals surface area (Å²) in [6, 6.07) is 11.6. The molecular weight excluding hydrogens is 418 g/mol. The molecule has 1 aliphatic rings. The molecule has 0 spiro atoms. The number of hydrogen-bond acceptors (Lipinski definition) is 7. The lowest BCUT2D eigenvalue weighted by Gasteiger charge is -2.14. The van der Waals surface area contributed by atoms with Gasteiger partial charge in [-0.3, -0.25) is 10.1 Å². The third-order valence-electron chi connectivity index (χ3n) is 5.59.